The number of amides is 2. The number of nitrogen functional groups attached to an aromatic ring is 1. The SMILES string of the molecule is CN1CCN(Cc2ccc(NC(=O)Nc3ccc(-c4cn(CCC(=O)O)c5ncnc(N)c45)cc3F)cc2C(F)(F)F)CC1. The van der Waals surface area contributed by atoms with Crippen LogP contribution in [0.4, 0.5) is 39.5 Å². The smallest absolute Gasteiger partial charge is 0.416 e. The van der Waals surface area contributed by atoms with Gasteiger partial charge in [0.15, 0.2) is 0 Å². The number of aryl methyl sites for hydroxylation is 1. The van der Waals surface area contributed by atoms with Gasteiger partial charge in [0.05, 0.1) is 23.1 Å². The number of nitrogens with one attached hydrogen (secondary N) is 2. The number of hydrogen-bond donors (Lipinski definition) is 4. The highest BCUT2D eigenvalue weighted by atomic mass is 19.4. The summed E-state index contributed by atoms with van der Waals surface area (Å²) in [6, 6.07) is 6.62. The van der Waals surface area contributed by atoms with Gasteiger partial charge in [-0.15, -0.1) is 0 Å². The van der Waals surface area contributed by atoms with Crippen molar-refractivity contribution in [2.24, 2.45) is 0 Å². The van der Waals surface area contributed by atoms with Gasteiger partial charge in [-0.1, -0.05) is 12.1 Å². The number of alkyl halides is 3. The Morgan fingerprint density at radius 1 is 1.05 bits per heavy atom. The Morgan fingerprint density at radius 3 is 2.48 bits per heavy atom. The van der Waals surface area contributed by atoms with Crippen LogP contribution in [0.1, 0.15) is 17.5 Å². The molecular formula is C29H30F4N8O3. The second kappa shape index (κ2) is 12.5. The van der Waals surface area contributed by atoms with E-state index in [1.807, 2.05) is 11.9 Å². The molecule has 3 heterocycles. The lowest BCUT2D eigenvalue weighted by Gasteiger charge is -2.33. The normalized spacial score (nSPS) is 14.6. The van der Waals surface area contributed by atoms with Crippen molar-refractivity contribution in [3.8, 4) is 11.1 Å². The van der Waals surface area contributed by atoms with Crippen molar-refractivity contribution >= 4 is 40.2 Å². The number of aliphatic carboxylic acids is 1. The molecule has 1 saturated heterocycles. The van der Waals surface area contributed by atoms with Gasteiger partial charge in [-0.25, -0.2) is 19.2 Å². The minimum atomic E-state index is -4.64. The van der Waals surface area contributed by atoms with Crippen molar-refractivity contribution in [1.82, 2.24) is 24.3 Å². The summed E-state index contributed by atoms with van der Waals surface area (Å²) in [5.74, 6) is -1.71. The molecule has 11 nitrogen and oxygen atoms in total. The number of carboxylic acid groups (broad SMARTS) is 1. The standard InChI is InChI=1S/C29H30F4N8O3/c1-39-8-10-40(11-9-39)14-18-2-4-19(13-21(18)29(31,32)33)37-28(44)38-23-5-3-17(12-22(23)30)20-15-41(7-6-24(42)43)27-25(20)26(34)35-16-36-27/h2-5,12-13,15-16H,6-11,14H2,1H3,(H,42,43)(H2,34,35,36)(H2,37,38,44). The highest BCUT2D eigenvalue weighted by Gasteiger charge is 2.34. The Labute approximate surface area is 249 Å². The molecule has 0 saturated carbocycles. The van der Waals surface area contributed by atoms with Gasteiger partial charge in [0.1, 0.15) is 23.6 Å². The summed E-state index contributed by atoms with van der Waals surface area (Å²) in [6.07, 6.45) is -1.98. The number of urea groups is 1. The third-order valence-electron chi connectivity index (χ3n) is 7.44. The van der Waals surface area contributed by atoms with Gasteiger partial charge >= 0.3 is 18.2 Å². The number of hydrogen-bond acceptors (Lipinski definition) is 7. The minimum absolute atomic E-state index is 0.0947. The van der Waals surface area contributed by atoms with Crippen molar-refractivity contribution in [1.29, 1.82) is 0 Å². The molecule has 0 radical (unpaired) electrons. The molecule has 1 aliphatic rings. The molecular weight excluding hydrogens is 584 g/mol. The maximum atomic E-state index is 15.2. The van der Waals surface area contributed by atoms with E-state index in [2.05, 4.69) is 25.5 Å². The zero-order valence-electron chi connectivity index (χ0n) is 23.7. The van der Waals surface area contributed by atoms with Gasteiger partial charge in [-0.3, -0.25) is 9.69 Å². The maximum absolute atomic E-state index is 15.2. The zero-order valence-corrected chi connectivity index (χ0v) is 23.7. The second-order valence-corrected chi connectivity index (χ2v) is 10.6. The third-order valence-corrected chi connectivity index (χ3v) is 7.44. The van der Waals surface area contributed by atoms with E-state index in [0.717, 1.165) is 25.2 Å². The third kappa shape index (κ3) is 6.89. The second-order valence-electron chi connectivity index (χ2n) is 10.6. The average molecular weight is 615 g/mol. The minimum Gasteiger partial charge on any atom is -0.481 e. The molecule has 232 valence electrons. The average Bonchev–Trinajstić information content (AvgIpc) is 3.34. The molecule has 2 aromatic carbocycles. The Morgan fingerprint density at radius 2 is 1.80 bits per heavy atom. The van der Waals surface area contributed by atoms with Crippen molar-refractivity contribution in [3.63, 3.8) is 0 Å². The van der Waals surface area contributed by atoms with Crippen LogP contribution in [0.15, 0.2) is 48.9 Å². The summed E-state index contributed by atoms with van der Waals surface area (Å²) in [5, 5.41) is 14.2. The molecule has 5 rings (SSSR count). The van der Waals surface area contributed by atoms with Crippen molar-refractivity contribution < 1.29 is 32.3 Å². The Bertz CT molecular complexity index is 1700. The number of carbonyl (C=O) groups excluding carboxylic acids is 1. The molecule has 0 unspecified atom stereocenters. The fourth-order valence-electron chi connectivity index (χ4n) is 5.12. The number of anilines is 3. The van der Waals surface area contributed by atoms with Crippen LogP contribution >= 0.6 is 0 Å². The monoisotopic (exact) mass is 614 g/mol. The Kier molecular flexibility index (Phi) is 8.69. The van der Waals surface area contributed by atoms with E-state index in [1.165, 1.54) is 30.6 Å². The van der Waals surface area contributed by atoms with Crippen molar-refractivity contribution in [2.45, 2.75) is 25.7 Å². The largest absolute Gasteiger partial charge is 0.481 e. The van der Waals surface area contributed by atoms with E-state index in [-0.39, 0.29) is 42.3 Å². The van der Waals surface area contributed by atoms with Crippen LogP contribution in [0, 0.1) is 5.82 Å². The number of carbonyl (C=O) groups is 2. The maximum Gasteiger partial charge on any atom is 0.416 e. The lowest BCUT2D eigenvalue weighted by atomic mass is 10.0. The van der Waals surface area contributed by atoms with Gasteiger partial charge in [0.25, 0.3) is 0 Å². The number of benzene rings is 2. The van der Waals surface area contributed by atoms with E-state index in [4.69, 9.17) is 10.8 Å². The molecule has 0 spiro atoms. The molecule has 4 aromatic rings. The van der Waals surface area contributed by atoms with Crippen LogP contribution < -0.4 is 16.4 Å². The highest BCUT2D eigenvalue weighted by molar-refractivity contribution is 6.02. The first-order chi connectivity index (χ1) is 20.9. The fourth-order valence-corrected chi connectivity index (χ4v) is 5.12. The Hall–Kier alpha value is -4.76. The van der Waals surface area contributed by atoms with E-state index < -0.39 is 29.6 Å². The van der Waals surface area contributed by atoms with Crippen LogP contribution in [-0.4, -0.2) is 74.7 Å². The number of nitrogens with two attached hydrogens (primary N) is 1. The topological polar surface area (TPSA) is 142 Å². The lowest BCUT2D eigenvalue weighted by Crippen LogP contribution is -2.44. The number of halogens is 4. The molecule has 1 fully saturated rings. The number of fused-ring (bicyclic) bond motifs is 1. The van der Waals surface area contributed by atoms with E-state index in [1.54, 1.807) is 10.8 Å². The summed E-state index contributed by atoms with van der Waals surface area (Å²) >= 11 is 0. The molecule has 15 heteroatoms. The molecule has 0 aliphatic carbocycles. The van der Waals surface area contributed by atoms with Gasteiger partial charge in [-0.05, 0) is 42.4 Å². The van der Waals surface area contributed by atoms with Crippen LogP contribution in [0.5, 0.6) is 0 Å². The number of piperazine rings is 1. The van der Waals surface area contributed by atoms with Crippen molar-refractivity contribution in [2.75, 3.05) is 49.6 Å². The number of nitrogens with zero attached hydrogens (tertiary/aromatic N) is 5. The highest BCUT2D eigenvalue weighted by Crippen LogP contribution is 2.36. The van der Waals surface area contributed by atoms with Crippen molar-refractivity contribution in [3.05, 3.63) is 65.9 Å². The number of carboxylic acids is 1. The molecule has 2 aromatic heterocycles. The van der Waals surface area contributed by atoms with Gasteiger partial charge < -0.3 is 30.9 Å². The van der Waals surface area contributed by atoms with Crippen LogP contribution in [0.3, 0.4) is 0 Å². The predicted octanol–water partition coefficient (Wildman–Crippen LogP) is 4.70. The molecule has 5 N–H and O–H groups in total. The van der Waals surface area contributed by atoms with Gasteiger partial charge in [-0.2, -0.15) is 13.2 Å². The summed E-state index contributed by atoms with van der Waals surface area (Å²) < 4.78 is 58.5. The quantitative estimate of drug-likeness (QED) is 0.209. The molecule has 44 heavy (non-hydrogen) atoms. The lowest BCUT2D eigenvalue weighted by molar-refractivity contribution is -0.139. The van der Waals surface area contributed by atoms with Crippen LogP contribution in [-0.2, 0) is 24.1 Å². The van der Waals surface area contributed by atoms with E-state index in [9.17, 15) is 22.8 Å². The Balaban J connectivity index is 1.32. The van der Waals surface area contributed by atoms with Gasteiger partial charge in [0.2, 0.25) is 0 Å². The number of likely N-dealkylation sites (N-methyl/N-ethyl adjacent to an activating group) is 1. The number of aromatic nitrogens is 3. The molecule has 0 atom stereocenters. The van der Waals surface area contributed by atoms with Crippen LogP contribution in [0.25, 0.3) is 22.2 Å². The molecule has 2 amide bonds. The summed E-state index contributed by atoms with van der Waals surface area (Å²) in [7, 11) is 1.96. The summed E-state index contributed by atoms with van der Waals surface area (Å²) in [4.78, 5) is 36.0. The zero-order chi connectivity index (χ0) is 31.6. The first kappa shape index (κ1) is 30.7. The molecule has 0 bridgehead atoms. The van der Waals surface area contributed by atoms with Gasteiger partial charge in [0, 0.05) is 56.7 Å². The van der Waals surface area contributed by atoms with Crippen LogP contribution in [0.2, 0.25) is 0 Å². The molecule has 1 aliphatic heterocycles. The first-order valence-corrected chi connectivity index (χ1v) is 13.7. The van der Waals surface area contributed by atoms with E-state index in [0.29, 0.717) is 35.2 Å². The predicted molar refractivity (Wildman–Crippen MR) is 156 cm³/mol. The first-order valence-electron chi connectivity index (χ1n) is 13.7. The fraction of sp³-hybridized carbons (Fsp3) is 0.310. The summed E-state index contributed by atoms with van der Waals surface area (Å²) in [6.45, 7) is 3.04. The number of rotatable bonds is 8. The summed E-state index contributed by atoms with van der Waals surface area (Å²) in [5.41, 5.74) is 6.18. The van der Waals surface area contributed by atoms with E-state index >= 15 is 4.39 Å².